The fourth-order valence-electron chi connectivity index (χ4n) is 2.57. The molecule has 0 saturated carbocycles. The number of carboxylic acid groups (broad SMARTS) is 1. The molecule has 1 aliphatic rings. The number of carboxylic acids is 1. The van der Waals surface area contributed by atoms with Gasteiger partial charge in [0.25, 0.3) is 0 Å². The Bertz CT molecular complexity index is 317. The maximum absolute atomic E-state index is 13.0. The predicted molar refractivity (Wildman–Crippen MR) is 61.2 cm³/mol. The largest absolute Gasteiger partial charge is 0.481 e. The Hall–Kier alpha value is -0.780. The fourth-order valence-corrected chi connectivity index (χ4v) is 2.57. The van der Waals surface area contributed by atoms with Crippen molar-refractivity contribution in [1.29, 1.82) is 0 Å². The minimum absolute atomic E-state index is 0.0198. The third-order valence-electron chi connectivity index (χ3n) is 3.69. The molecule has 0 amide bonds. The molecule has 3 nitrogen and oxygen atoms in total. The van der Waals surface area contributed by atoms with Crippen LogP contribution in [0.5, 0.6) is 0 Å². The quantitative estimate of drug-likeness (QED) is 0.851. The smallest absolute Gasteiger partial charge is 0.406 e. The lowest BCUT2D eigenvalue weighted by Gasteiger charge is -2.30. The van der Waals surface area contributed by atoms with Crippen molar-refractivity contribution in [1.82, 2.24) is 4.90 Å². The number of rotatable bonds is 4. The Morgan fingerprint density at radius 2 is 1.94 bits per heavy atom. The van der Waals surface area contributed by atoms with E-state index in [2.05, 4.69) is 0 Å². The van der Waals surface area contributed by atoms with Gasteiger partial charge in [-0.25, -0.2) is 0 Å². The Labute approximate surface area is 105 Å². The highest BCUT2D eigenvalue weighted by Gasteiger charge is 2.63. The van der Waals surface area contributed by atoms with Crippen LogP contribution in [0.4, 0.5) is 13.2 Å². The van der Waals surface area contributed by atoms with E-state index in [1.807, 2.05) is 20.8 Å². The van der Waals surface area contributed by atoms with Gasteiger partial charge in [-0.05, 0) is 32.2 Å². The second kappa shape index (κ2) is 5.07. The van der Waals surface area contributed by atoms with Crippen molar-refractivity contribution >= 4 is 5.97 Å². The van der Waals surface area contributed by atoms with E-state index < -0.39 is 24.1 Å². The number of nitrogens with zero attached hydrogens (tertiary/aromatic N) is 1. The Kier molecular flexibility index (Phi) is 4.30. The molecule has 18 heavy (non-hydrogen) atoms. The Morgan fingerprint density at radius 3 is 2.28 bits per heavy atom. The monoisotopic (exact) mass is 267 g/mol. The zero-order chi connectivity index (χ0) is 14.1. The summed E-state index contributed by atoms with van der Waals surface area (Å²) in [6.07, 6.45) is -4.27. The zero-order valence-electron chi connectivity index (χ0n) is 10.9. The van der Waals surface area contributed by atoms with Gasteiger partial charge in [0.2, 0.25) is 0 Å². The summed E-state index contributed by atoms with van der Waals surface area (Å²) in [5, 5.41) is 8.93. The van der Waals surface area contributed by atoms with Crippen molar-refractivity contribution in [3.05, 3.63) is 0 Å². The van der Waals surface area contributed by atoms with E-state index in [9.17, 15) is 18.0 Å². The Balaban J connectivity index is 2.82. The molecule has 106 valence electrons. The highest BCUT2D eigenvalue weighted by Crippen LogP contribution is 2.46. The average molecular weight is 267 g/mol. The summed E-state index contributed by atoms with van der Waals surface area (Å²) in [7, 11) is 0. The predicted octanol–water partition coefficient (Wildman–Crippen LogP) is 2.76. The number of likely N-dealkylation sites (tertiary alicyclic amines) is 1. The number of alkyl halides is 3. The van der Waals surface area contributed by atoms with Gasteiger partial charge >= 0.3 is 12.1 Å². The van der Waals surface area contributed by atoms with E-state index in [0.717, 1.165) is 6.42 Å². The summed E-state index contributed by atoms with van der Waals surface area (Å²) >= 11 is 0. The molecule has 0 aliphatic carbocycles. The molecule has 0 bridgehead atoms. The van der Waals surface area contributed by atoms with Crippen LogP contribution in [-0.4, -0.2) is 41.3 Å². The van der Waals surface area contributed by atoms with E-state index in [4.69, 9.17) is 5.11 Å². The minimum atomic E-state index is -4.69. The molecule has 1 saturated heterocycles. The molecular formula is C12H20F3NO2. The van der Waals surface area contributed by atoms with Crippen molar-refractivity contribution in [3.8, 4) is 0 Å². The lowest BCUT2D eigenvalue weighted by Crippen LogP contribution is -2.48. The third-order valence-corrected chi connectivity index (χ3v) is 3.69. The number of carbonyl (C=O) groups is 1. The van der Waals surface area contributed by atoms with E-state index in [1.54, 1.807) is 4.90 Å². The van der Waals surface area contributed by atoms with E-state index >= 15 is 0 Å². The lowest BCUT2D eigenvalue weighted by atomic mass is 9.86. The van der Waals surface area contributed by atoms with E-state index in [1.165, 1.54) is 0 Å². The highest BCUT2D eigenvalue weighted by molar-refractivity contribution is 5.76. The number of aliphatic carboxylic acids is 1. The van der Waals surface area contributed by atoms with Crippen molar-refractivity contribution < 1.29 is 23.1 Å². The average Bonchev–Trinajstić information content (AvgIpc) is 2.60. The molecule has 0 radical (unpaired) electrons. The first-order valence-corrected chi connectivity index (χ1v) is 6.14. The van der Waals surface area contributed by atoms with Gasteiger partial charge in [0, 0.05) is 12.6 Å². The second-order valence-electron chi connectivity index (χ2n) is 5.58. The van der Waals surface area contributed by atoms with Gasteiger partial charge in [-0.15, -0.1) is 0 Å². The topological polar surface area (TPSA) is 40.5 Å². The number of halogens is 3. The molecule has 1 aliphatic heterocycles. The second-order valence-corrected chi connectivity index (χ2v) is 5.58. The van der Waals surface area contributed by atoms with Crippen LogP contribution in [0.25, 0.3) is 0 Å². The molecule has 2 unspecified atom stereocenters. The van der Waals surface area contributed by atoms with Crippen molar-refractivity contribution in [2.24, 2.45) is 11.3 Å². The van der Waals surface area contributed by atoms with Crippen LogP contribution in [0.1, 0.15) is 33.6 Å². The molecule has 1 N–H and O–H groups in total. The summed E-state index contributed by atoms with van der Waals surface area (Å²) < 4.78 is 38.9. The van der Waals surface area contributed by atoms with Crippen LogP contribution in [-0.2, 0) is 4.79 Å². The summed E-state index contributed by atoms with van der Waals surface area (Å²) in [6, 6.07) is -0.0198. The maximum atomic E-state index is 13.0. The number of hydrogen-bond donors (Lipinski definition) is 1. The zero-order valence-corrected chi connectivity index (χ0v) is 10.9. The van der Waals surface area contributed by atoms with Crippen LogP contribution in [0.15, 0.2) is 0 Å². The molecule has 1 fully saturated rings. The van der Waals surface area contributed by atoms with Gasteiger partial charge in [0.15, 0.2) is 5.41 Å². The van der Waals surface area contributed by atoms with Crippen molar-refractivity contribution in [2.45, 2.75) is 45.8 Å². The normalized spacial score (nSPS) is 27.7. The van der Waals surface area contributed by atoms with Crippen LogP contribution < -0.4 is 0 Å². The highest BCUT2D eigenvalue weighted by atomic mass is 19.4. The molecule has 2 atom stereocenters. The molecule has 0 spiro atoms. The maximum Gasteiger partial charge on any atom is 0.406 e. The fraction of sp³-hybridized carbons (Fsp3) is 0.917. The van der Waals surface area contributed by atoms with Gasteiger partial charge < -0.3 is 5.11 Å². The SMILES string of the molecule is CC(C)CC(C)N1CCC(C(=O)O)(C(F)(F)F)C1. The molecule has 0 aromatic heterocycles. The van der Waals surface area contributed by atoms with Gasteiger partial charge in [0.1, 0.15) is 0 Å². The van der Waals surface area contributed by atoms with Crippen LogP contribution in [0.2, 0.25) is 0 Å². The standard InChI is InChI=1S/C12H20F3NO2/c1-8(2)6-9(3)16-5-4-11(7-16,10(17)18)12(13,14)15/h8-9H,4-7H2,1-3H3,(H,17,18). The van der Waals surface area contributed by atoms with Crippen LogP contribution >= 0.6 is 0 Å². The van der Waals surface area contributed by atoms with Gasteiger partial charge in [0.05, 0.1) is 0 Å². The molecule has 1 rings (SSSR count). The van der Waals surface area contributed by atoms with Crippen molar-refractivity contribution in [2.75, 3.05) is 13.1 Å². The Morgan fingerprint density at radius 1 is 1.39 bits per heavy atom. The van der Waals surface area contributed by atoms with Crippen molar-refractivity contribution in [3.63, 3.8) is 0 Å². The summed E-state index contributed by atoms with van der Waals surface area (Å²) in [4.78, 5) is 12.7. The van der Waals surface area contributed by atoms with Gasteiger partial charge in [-0.3, -0.25) is 9.69 Å². The molecule has 0 aromatic carbocycles. The summed E-state index contributed by atoms with van der Waals surface area (Å²) in [5.74, 6) is -1.38. The molecule has 0 aromatic rings. The third kappa shape index (κ3) is 2.79. The first-order chi connectivity index (χ1) is 8.10. The first-order valence-electron chi connectivity index (χ1n) is 6.14. The minimum Gasteiger partial charge on any atom is -0.481 e. The van der Waals surface area contributed by atoms with Crippen LogP contribution in [0, 0.1) is 11.3 Å². The molecule has 6 heteroatoms. The van der Waals surface area contributed by atoms with Gasteiger partial charge in [-0.2, -0.15) is 13.2 Å². The van der Waals surface area contributed by atoms with E-state index in [0.29, 0.717) is 5.92 Å². The van der Waals surface area contributed by atoms with E-state index in [-0.39, 0.29) is 19.0 Å². The molecule has 1 heterocycles. The molecular weight excluding hydrogens is 247 g/mol. The van der Waals surface area contributed by atoms with Gasteiger partial charge in [-0.1, -0.05) is 13.8 Å². The first kappa shape index (κ1) is 15.3. The summed E-state index contributed by atoms with van der Waals surface area (Å²) in [6.45, 7) is 5.62. The summed E-state index contributed by atoms with van der Waals surface area (Å²) in [5.41, 5.74) is -2.59. The van der Waals surface area contributed by atoms with Crippen LogP contribution in [0.3, 0.4) is 0 Å². The number of hydrogen-bond acceptors (Lipinski definition) is 2. The lowest BCUT2D eigenvalue weighted by molar-refractivity contribution is -0.227.